The summed E-state index contributed by atoms with van der Waals surface area (Å²) in [5, 5.41) is 26.9. The van der Waals surface area contributed by atoms with Gasteiger partial charge in [-0.15, -0.1) is 0 Å². The van der Waals surface area contributed by atoms with Crippen molar-refractivity contribution in [3.8, 4) is 17.4 Å². The minimum absolute atomic E-state index is 0.0179. The Morgan fingerprint density at radius 3 is 2.46 bits per heavy atom. The number of nitrogens with one attached hydrogen (secondary N) is 3. The number of nitrogens with zero attached hydrogens (tertiary/aromatic N) is 8. The highest BCUT2D eigenvalue weighted by atomic mass is 32.2. The number of aromatic nitrogens is 3. The Morgan fingerprint density at radius 1 is 0.899 bits per heavy atom. The highest BCUT2D eigenvalue weighted by molar-refractivity contribution is 7.90. The summed E-state index contributed by atoms with van der Waals surface area (Å²) in [6.07, 6.45) is 9.68. The van der Waals surface area contributed by atoms with E-state index in [1.54, 1.807) is 13.2 Å². The average molecular weight is 1240 g/mol. The fourth-order valence-electron chi connectivity index (χ4n) is 15.1. The topological polar surface area (TPSA) is 243 Å². The monoisotopic (exact) mass is 1240 g/mol. The largest absolute Gasteiger partial charge is 0.493 e. The predicted molar refractivity (Wildman–Crippen MR) is 339 cm³/mol. The molecule has 0 bridgehead atoms. The molecule has 1 spiro atoms. The lowest BCUT2D eigenvalue weighted by molar-refractivity contribution is -0.384. The van der Waals surface area contributed by atoms with Crippen LogP contribution >= 0.6 is 0 Å². The van der Waals surface area contributed by atoms with Crippen LogP contribution in [-0.4, -0.2) is 165 Å². The van der Waals surface area contributed by atoms with E-state index in [0.29, 0.717) is 80.5 Å². The van der Waals surface area contributed by atoms with Crippen LogP contribution in [0.25, 0.3) is 11.0 Å². The number of carbonyl (C=O) groups excluding carboxylic acids is 1. The van der Waals surface area contributed by atoms with Gasteiger partial charge < -0.3 is 53.8 Å². The van der Waals surface area contributed by atoms with E-state index in [-0.39, 0.29) is 47.4 Å². The number of sulfonamides is 1. The van der Waals surface area contributed by atoms with E-state index < -0.39 is 43.1 Å². The van der Waals surface area contributed by atoms with Gasteiger partial charge in [0.2, 0.25) is 5.88 Å². The molecule has 13 rings (SSSR count). The molecule has 7 aliphatic rings. The molecule has 6 aromatic rings. The maximum atomic E-state index is 14.9. The zero-order chi connectivity index (χ0) is 61.8. The van der Waals surface area contributed by atoms with Gasteiger partial charge in [0.05, 0.1) is 71.8 Å². The van der Waals surface area contributed by atoms with Crippen LogP contribution in [0.3, 0.4) is 0 Å². The molecule has 6 fully saturated rings. The molecule has 8 heterocycles. The Balaban J connectivity index is 0.754. The minimum atomic E-state index is -4.66. The second kappa shape index (κ2) is 24.8. The van der Waals surface area contributed by atoms with Crippen molar-refractivity contribution in [1.29, 1.82) is 0 Å². The van der Waals surface area contributed by atoms with Crippen molar-refractivity contribution in [2.45, 2.75) is 126 Å². The van der Waals surface area contributed by atoms with Crippen LogP contribution in [0.1, 0.15) is 107 Å². The Morgan fingerprint density at radius 2 is 1.70 bits per heavy atom. The highest BCUT2D eigenvalue weighted by Gasteiger charge is 2.56. The first-order valence-electron chi connectivity index (χ1n) is 31.7. The van der Waals surface area contributed by atoms with Gasteiger partial charge in [0.15, 0.2) is 11.6 Å². The van der Waals surface area contributed by atoms with Crippen molar-refractivity contribution in [2.75, 3.05) is 106 Å². The molecule has 0 radical (unpaired) electrons. The third-order valence-electron chi connectivity index (χ3n) is 20.2. The maximum absolute atomic E-state index is 14.9. The number of amides is 1. The number of hydrogen-bond acceptors (Lipinski definition) is 19. The van der Waals surface area contributed by atoms with Gasteiger partial charge in [0.25, 0.3) is 21.6 Å². The van der Waals surface area contributed by atoms with Crippen molar-refractivity contribution in [3.63, 3.8) is 0 Å². The maximum Gasteiger partial charge on any atom is 0.293 e. The van der Waals surface area contributed by atoms with E-state index in [0.717, 1.165) is 124 Å². The number of rotatable bonds is 17. The first-order valence-corrected chi connectivity index (χ1v) is 33.2. The number of piperazine rings is 1. The molecule has 0 unspecified atom stereocenters. The number of para-hydroxylation sites is 1. The van der Waals surface area contributed by atoms with Gasteiger partial charge in [0.1, 0.15) is 28.9 Å². The van der Waals surface area contributed by atoms with Gasteiger partial charge in [-0.1, -0.05) is 25.1 Å². The number of H-pyrrole nitrogens is 1. The lowest BCUT2D eigenvalue weighted by Crippen LogP contribution is -2.64. The molecule has 3 aromatic heterocycles. The average Bonchev–Trinajstić information content (AvgIpc) is 0.913. The number of aromatic amines is 1. The normalized spacial score (nSPS) is 25.6. The number of piperidine rings is 1. The van der Waals surface area contributed by atoms with E-state index >= 15 is 0 Å². The zero-order valence-electron chi connectivity index (χ0n) is 51.6. The Kier molecular flexibility index (Phi) is 16.9. The molecule has 474 valence electrons. The Labute approximate surface area is 520 Å². The first kappa shape index (κ1) is 60.6. The number of nitro groups is 1. The molecular formula is C66H83N11O11S. The fourth-order valence-corrected chi connectivity index (χ4v) is 16.1. The van der Waals surface area contributed by atoms with E-state index in [2.05, 4.69) is 90.6 Å². The van der Waals surface area contributed by atoms with Crippen molar-refractivity contribution in [1.82, 2.24) is 29.5 Å². The molecule has 1 amide bonds. The molecule has 5 aliphatic heterocycles. The summed E-state index contributed by atoms with van der Waals surface area (Å²) in [7, 11) is -2.94. The minimum Gasteiger partial charge on any atom is -0.493 e. The van der Waals surface area contributed by atoms with Crippen LogP contribution in [0, 0.1) is 27.4 Å². The predicted octanol–water partition coefficient (Wildman–Crippen LogP) is 9.21. The van der Waals surface area contributed by atoms with Crippen molar-refractivity contribution in [2.24, 2.45) is 17.3 Å². The Bertz CT molecular complexity index is 3690. The van der Waals surface area contributed by atoms with Crippen molar-refractivity contribution >= 4 is 61.2 Å². The summed E-state index contributed by atoms with van der Waals surface area (Å²) in [5.74, 6) is 2.61. The van der Waals surface area contributed by atoms with Crippen LogP contribution in [0.5, 0.6) is 17.4 Å². The molecule has 3 aromatic carbocycles. The number of nitro benzene ring substituents is 1. The summed E-state index contributed by atoms with van der Waals surface area (Å²) >= 11 is 0. The number of anilines is 5. The van der Waals surface area contributed by atoms with E-state index in [4.69, 9.17) is 33.7 Å². The second-order valence-electron chi connectivity index (χ2n) is 26.2. The number of pyridine rings is 2. The summed E-state index contributed by atoms with van der Waals surface area (Å²) in [4.78, 5) is 51.4. The standard InChI is InChI=1S/C66H83N11O11S/c1-42(2)87-58-9-7-6-8-49(58)57-40-72(39-45-32-59(84-5)62(69-38-45)74-27-30-85-31-28-74)25-26-75(57)56-36-66(43(56)3)20-23-73(24-21-66)47-10-12-50(53(34-47)76-52-17-29-86-41-60(52)88-64-55(76)33-46-16-22-67-61(46)70-64)63(78)71-89(82,83)48-11-13-51(54(35-48)77(80)81)68-37-44-14-18-65(4,79)19-15-44/h6-13,16,22,32-35,38,42-44,52,56-57,60,68,79H,14-15,17-21,23-31,36-37,39-41H2,1-5H3,(H,67,70)(H,71,78)/t43-,44?,52-,56+,57+,60-,65?/m0/s1. The summed E-state index contributed by atoms with van der Waals surface area (Å²) in [5.41, 5.74) is 4.18. The smallest absolute Gasteiger partial charge is 0.293 e. The summed E-state index contributed by atoms with van der Waals surface area (Å²) in [6.45, 7) is 17.4. The first-order chi connectivity index (χ1) is 42.9. The van der Waals surface area contributed by atoms with Gasteiger partial charge in [0, 0.05) is 107 Å². The van der Waals surface area contributed by atoms with Gasteiger partial charge in [-0.05, 0) is 150 Å². The number of ether oxygens (including phenoxy) is 5. The second-order valence-corrected chi connectivity index (χ2v) is 27.8. The highest BCUT2D eigenvalue weighted by Crippen LogP contribution is 2.58. The molecule has 4 N–H and O–H groups in total. The van der Waals surface area contributed by atoms with E-state index in [1.165, 1.54) is 17.7 Å². The summed E-state index contributed by atoms with van der Waals surface area (Å²) in [6, 6.07) is 24.0. The van der Waals surface area contributed by atoms with E-state index in [9.17, 15) is 28.4 Å². The number of aliphatic hydroxyl groups is 1. The third kappa shape index (κ3) is 12.3. The third-order valence-corrected chi connectivity index (χ3v) is 21.6. The van der Waals surface area contributed by atoms with Crippen LogP contribution < -0.4 is 38.9 Å². The van der Waals surface area contributed by atoms with Crippen molar-refractivity contribution in [3.05, 3.63) is 118 Å². The molecule has 23 heteroatoms. The molecule has 2 aliphatic carbocycles. The zero-order valence-corrected chi connectivity index (χ0v) is 52.4. The van der Waals surface area contributed by atoms with Crippen LogP contribution in [0.15, 0.2) is 96.2 Å². The van der Waals surface area contributed by atoms with Gasteiger partial charge >= 0.3 is 0 Å². The van der Waals surface area contributed by atoms with Gasteiger partial charge in [-0.2, -0.15) is 4.98 Å². The number of morpholine rings is 1. The molecule has 89 heavy (non-hydrogen) atoms. The molecule has 4 saturated heterocycles. The lowest BCUT2D eigenvalue weighted by Gasteiger charge is -2.62. The Hall–Kier alpha value is -7.28. The van der Waals surface area contributed by atoms with E-state index in [1.807, 2.05) is 43.6 Å². The number of fused-ring (bicyclic) bond motifs is 3. The number of benzene rings is 3. The van der Waals surface area contributed by atoms with Gasteiger partial charge in [-0.3, -0.25) is 24.7 Å². The van der Waals surface area contributed by atoms with Crippen LogP contribution in [0.4, 0.5) is 34.3 Å². The number of hydrogen-bond donors (Lipinski definition) is 4. The molecule has 22 nitrogen and oxygen atoms in total. The molecule has 2 saturated carbocycles. The van der Waals surface area contributed by atoms with Crippen molar-refractivity contribution < 1.29 is 46.9 Å². The van der Waals surface area contributed by atoms with Gasteiger partial charge in [-0.25, -0.2) is 18.1 Å². The van der Waals surface area contributed by atoms with Crippen LogP contribution in [0.2, 0.25) is 0 Å². The quantitative estimate of drug-likeness (QED) is 0.0491. The fraction of sp³-hybridized carbons (Fsp3) is 0.530. The molecule has 5 atom stereocenters. The lowest BCUT2D eigenvalue weighted by atomic mass is 9.53. The number of carbonyl (C=O) groups is 1. The number of methoxy groups -OCH3 is 1. The summed E-state index contributed by atoms with van der Waals surface area (Å²) < 4.78 is 61.6. The SMILES string of the molecule is COc1cc(CN2CCN([C@@H]3CC4(CCN(c5ccc(C(=O)NS(=O)(=O)c6ccc(NCC7CCC(C)(O)CC7)c([N+](=O)[O-])c6)c(N6c7cc8cc[nH]c8nc7O[C@H]7COCC[C@@H]76)c5)CC4)[C@H]3C)[C@@H](c3ccccc3OC(C)C)C2)cnc1N1CCOCC1. The van der Waals surface area contributed by atoms with Crippen LogP contribution in [-0.2, 0) is 26.0 Å². The molecular weight excluding hydrogens is 1150 g/mol.